The van der Waals surface area contributed by atoms with Crippen LogP contribution in [0.25, 0.3) is 0 Å². The van der Waals surface area contributed by atoms with Crippen molar-refractivity contribution in [2.45, 2.75) is 40.3 Å². The molecule has 1 amide bonds. The summed E-state index contributed by atoms with van der Waals surface area (Å²) in [5.74, 6) is 0.864. The molecule has 0 saturated heterocycles. The Hall–Kier alpha value is -2.85. The molecule has 31 heavy (non-hydrogen) atoms. The van der Waals surface area contributed by atoms with Crippen LogP contribution in [-0.2, 0) is 17.7 Å². The number of carbonyl (C=O) groups excluding carboxylic acids is 1. The number of rotatable bonds is 10. The summed E-state index contributed by atoms with van der Waals surface area (Å²) in [6, 6.07) is 3.45. The number of hydrogen-bond acceptors (Lipinski definition) is 7. The molecule has 1 unspecified atom stereocenters. The molecule has 0 aliphatic heterocycles. The number of H-pyrrole nitrogens is 1. The molecular weight excluding hydrogens is 416 g/mol. The van der Waals surface area contributed by atoms with Crippen molar-refractivity contribution in [2.24, 2.45) is 0 Å². The Kier molecular flexibility index (Phi) is 8.64. The molecule has 0 spiro atoms. The van der Waals surface area contributed by atoms with Crippen LogP contribution >= 0.6 is 0 Å². The Morgan fingerprint density at radius 3 is 2.65 bits per heavy atom. The van der Waals surface area contributed by atoms with Crippen molar-refractivity contribution >= 4 is 34.9 Å². The molecular formula is C21H30N6O3S. The van der Waals surface area contributed by atoms with E-state index < -0.39 is 17.1 Å². The van der Waals surface area contributed by atoms with Gasteiger partial charge in [-0.2, -0.15) is 0 Å². The van der Waals surface area contributed by atoms with Gasteiger partial charge >= 0.3 is 0 Å². The lowest BCUT2D eigenvalue weighted by atomic mass is 10.1. The lowest BCUT2D eigenvalue weighted by molar-refractivity contribution is 0.0950. The van der Waals surface area contributed by atoms with Crippen molar-refractivity contribution in [3.05, 3.63) is 50.4 Å². The van der Waals surface area contributed by atoms with Gasteiger partial charge in [0.2, 0.25) is 0 Å². The Labute approximate surface area is 185 Å². The molecule has 5 N–H and O–H groups in total. The first-order valence-corrected chi connectivity index (χ1v) is 11.7. The van der Waals surface area contributed by atoms with Gasteiger partial charge in [0.05, 0.1) is 18.4 Å². The van der Waals surface area contributed by atoms with E-state index in [-0.39, 0.29) is 23.7 Å². The molecule has 0 aromatic carbocycles. The molecule has 0 aliphatic carbocycles. The van der Waals surface area contributed by atoms with E-state index in [2.05, 4.69) is 25.9 Å². The molecule has 10 heteroatoms. The maximum atomic E-state index is 13.0. The first-order chi connectivity index (χ1) is 14.6. The van der Waals surface area contributed by atoms with E-state index in [1.54, 1.807) is 19.2 Å². The molecule has 9 nitrogen and oxygen atoms in total. The van der Waals surface area contributed by atoms with Gasteiger partial charge in [-0.25, -0.2) is 4.98 Å². The second kappa shape index (κ2) is 11.0. The zero-order valence-corrected chi connectivity index (χ0v) is 19.3. The number of aromatic amines is 1. The van der Waals surface area contributed by atoms with Crippen molar-refractivity contribution in [1.29, 1.82) is 5.41 Å². The molecule has 0 saturated carbocycles. The van der Waals surface area contributed by atoms with Crippen LogP contribution < -0.4 is 21.5 Å². The number of nitrogens with one attached hydrogen (secondary N) is 5. The monoisotopic (exact) mass is 446 g/mol. The predicted octanol–water partition coefficient (Wildman–Crippen LogP) is 1.93. The quantitative estimate of drug-likeness (QED) is 0.278. The molecule has 2 aromatic rings. The maximum Gasteiger partial charge on any atom is 0.253 e. The lowest BCUT2D eigenvalue weighted by Gasteiger charge is -2.17. The van der Waals surface area contributed by atoms with Gasteiger partial charge in [0.25, 0.3) is 11.5 Å². The molecule has 2 heterocycles. The summed E-state index contributed by atoms with van der Waals surface area (Å²) < 4.78 is 11.3. The van der Waals surface area contributed by atoms with Crippen molar-refractivity contribution < 1.29 is 9.35 Å². The van der Waals surface area contributed by atoms with Crippen LogP contribution in [0.3, 0.4) is 0 Å². The van der Waals surface area contributed by atoms with Crippen LogP contribution in [0.15, 0.2) is 16.9 Å². The zero-order valence-electron chi connectivity index (χ0n) is 18.5. The Morgan fingerprint density at radius 2 is 2.06 bits per heavy atom. The summed E-state index contributed by atoms with van der Waals surface area (Å²) in [5.41, 5.74) is 2.40. The van der Waals surface area contributed by atoms with Crippen molar-refractivity contribution in [3.8, 4) is 0 Å². The van der Waals surface area contributed by atoms with Gasteiger partial charge in [-0.15, -0.1) is 0 Å². The lowest BCUT2D eigenvalue weighted by Crippen LogP contribution is -2.29. The van der Waals surface area contributed by atoms with E-state index >= 15 is 0 Å². The molecule has 168 valence electrons. The Morgan fingerprint density at radius 1 is 1.35 bits per heavy atom. The highest BCUT2D eigenvalue weighted by molar-refractivity contribution is 7.90. The molecule has 0 bridgehead atoms. The summed E-state index contributed by atoms with van der Waals surface area (Å²) in [6.07, 6.45) is 2.70. The fraction of sp³-hybridized carbons (Fsp3) is 0.429. The van der Waals surface area contributed by atoms with E-state index in [4.69, 9.17) is 5.41 Å². The van der Waals surface area contributed by atoms with Gasteiger partial charge in [0, 0.05) is 35.6 Å². The Balaban J connectivity index is 2.34. The first kappa shape index (κ1) is 24.4. The van der Waals surface area contributed by atoms with Gasteiger partial charge in [-0.3, -0.25) is 9.59 Å². The third-order valence-corrected chi connectivity index (χ3v) is 5.27. The summed E-state index contributed by atoms with van der Waals surface area (Å²) in [6.45, 7) is 7.98. The largest absolute Gasteiger partial charge is 0.617 e. The number of anilines is 2. The average molecular weight is 447 g/mol. The summed E-state index contributed by atoms with van der Waals surface area (Å²) in [4.78, 5) is 32.5. The third kappa shape index (κ3) is 6.83. The van der Waals surface area contributed by atoms with Gasteiger partial charge < -0.3 is 30.9 Å². The summed E-state index contributed by atoms with van der Waals surface area (Å²) in [7, 11) is 0. The minimum atomic E-state index is -0.958. The number of carbonyl (C=O) groups is 1. The molecule has 0 fully saturated rings. The van der Waals surface area contributed by atoms with Gasteiger partial charge in [0.15, 0.2) is 0 Å². The van der Waals surface area contributed by atoms with Crippen LogP contribution in [0.1, 0.15) is 46.6 Å². The molecule has 2 aromatic heterocycles. The normalized spacial score (nSPS) is 11.8. The van der Waals surface area contributed by atoms with E-state index in [9.17, 15) is 14.1 Å². The van der Waals surface area contributed by atoms with E-state index in [0.717, 1.165) is 17.5 Å². The van der Waals surface area contributed by atoms with Crippen molar-refractivity contribution in [3.63, 3.8) is 0 Å². The van der Waals surface area contributed by atoms with Crippen molar-refractivity contribution in [1.82, 2.24) is 15.3 Å². The number of nitrogens with zero attached hydrogens (tertiary/aromatic N) is 1. The molecule has 0 aliphatic rings. The van der Waals surface area contributed by atoms with Crippen LogP contribution in [0.5, 0.6) is 0 Å². The van der Waals surface area contributed by atoms with Gasteiger partial charge in [-0.1, -0.05) is 11.2 Å². The van der Waals surface area contributed by atoms with Gasteiger partial charge in [-0.05, 0) is 45.4 Å². The second-order valence-corrected chi connectivity index (χ2v) is 9.15. The number of hydrogen-bond donors (Lipinski definition) is 5. The van der Waals surface area contributed by atoms with E-state index in [1.165, 1.54) is 0 Å². The number of aryl methyl sites for hydroxylation is 2. The number of aromatic nitrogens is 2. The molecule has 1 atom stereocenters. The van der Waals surface area contributed by atoms with Crippen LogP contribution in [-0.4, -0.2) is 51.2 Å². The first-order valence-electron chi connectivity index (χ1n) is 9.96. The third-order valence-electron chi connectivity index (χ3n) is 4.49. The number of amides is 1. The second-order valence-electron chi connectivity index (χ2n) is 7.59. The maximum absolute atomic E-state index is 13.0. The Bertz CT molecular complexity index is 1000. The summed E-state index contributed by atoms with van der Waals surface area (Å²) >= 11 is -0.958. The zero-order chi connectivity index (χ0) is 23.1. The SMILES string of the molecule is Cc1cc(C)c(CNC(=O)c2cc(NCC[S+](C)[O-])nc(NC(C)C)c2C=N)c(=O)[nH]1. The minimum absolute atomic E-state index is 0.0364. The smallest absolute Gasteiger partial charge is 0.253 e. The van der Waals surface area contributed by atoms with E-state index in [0.29, 0.717) is 35.1 Å². The molecule has 2 rings (SSSR count). The topological polar surface area (TPSA) is 146 Å². The fourth-order valence-corrected chi connectivity index (χ4v) is 3.44. The molecule has 0 radical (unpaired) electrons. The average Bonchev–Trinajstić information content (AvgIpc) is 2.65. The van der Waals surface area contributed by atoms with Gasteiger partial charge in [0.1, 0.15) is 17.4 Å². The van der Waals surface area contributed by atoms with E-state index in [1.807, 2.05) is 26.8 Å². The fourth-order valence-electron chi connectivity index (χ4n) is 3.05. The van der Waals surface area contributed by atoms with Crippen molar-refractivity contribution in [2.75, 3.05) is 29.2 Å². The highest BCUT2D eigenvalue weighted by atomic mass is 32.2. The predicted molar refractivity (Wildman–Crippen MR) is 126 cm³/mol. The van der Waals surface area contributed by atoms with Crippen LogP contribution in [0.2, 0.25) is 0 Å². The highest BCUT2D eigenvalue weighted by Gasteiger charge is 2.18. The number of pyridine rings is 2. The summed E-state index contributed by atoms with van der Waals surface area (Å²) in [5, 5.41) is 16.8. The van der Waals surface area contributed by atoms with Crippen LogP contribution in [0, 0.1) is 19.3 Å². The standard InChI is InChI=1S/C21H30N6O3S/c1-12(2)25-19-16(10-22)15(9-18(27-19)23-6-7-31(5)30)20(28)24-11-17-13(3)8-14(4)26-21(17)29/h8-10,12,22H,6-7,11H2,1-5H3,(H,24,28)(H,26,29)(H2,23,25,27). The van der Waals surface area contributed by atoms with Crippen LogP contribution in [0.4, 0.5) is 11.6 Å². The highest BCUT2D eigenvalue weighted by Crippen LogP contribution is 2.21. The minimum Gasteiger partial charge on any atom is -0.617 e.